The number of rotatable bonds is 2. The Kier molecular flexibility index (Phi) is 3.93. The van der Waals surface area contributed by atoms with Crippen LogP contribution in [0.1, 0.15) is 11.5 Å². The zero-order chi connectivity index (χ0) is 14.9. The second kappa shape index (κ2) is 5.49. The van der Waals surface area contributed by atoms with E-state index >= 15 is 0 Å². The van der Waals surface area contributed by atoms with Crippen LogP contribution in [0.5, 0.6) is 0 Å². The Morgan fingerprint density at radius 1 is 1.40 bits per heavy atom. The summed E-state index contributed by atoms with van der Waals surface area (Å²) in [6, 6.07) is 8.81. The molecular formula is C13H11ClN4OS. The third-order valence-electron chi connectivity index (χ3n) is 3.13. The van der Waals surface area contributed by atoms with Gasteiger partial charge in [0.15, 0.2) is 0 Å². The number of hydrogen-bond donors (Lipinski definition) is 3. The average molecular weight is 307 g/mol. The maximum Gasteiger partial charge on any atom is 0.228 e. The highest BCUT2D eigenvalue weighted by Gasteiger charge is 2.39. The number of primary amides is 1. The molecule has 0 fully saturated rings. The molecule has 0 saturated heterocycles. The third kappa shape index (κ3) is 2.46. The van der Waals surface area contributed by atoms with Crippen LogP contribution in [-0.4, -0.2) is 10.9 Å². The molecule has 0 spiro atoms. The Morgan fingerprint density at radius 3 is 2.50 bits per heavy atom. The van der Waals surface area contributed by atoms with Gasteiger partial charge in [0, 0.05) is 10.9 Å². The van der Waals surface area contributed by atoms with Gasteiger partial charge in [0.05, 0.1) is 16.6 Å². The van der Waals surface area contributed by atoms with Crippen LogP contribution in [0.15, 0.2) is 35.7 Å². The van der Waals surface area contributed by atoms with Gasteiger partial charge in [-0.15, -0.1) is 0 Å². The summed E-state index contributed by atoms with van der Waals surface area (Å²) in [7, 11) is 0. The molecular weight excluding hydrogens is 296 g/mol. The summed E-state index contributed by atoms with van der Waals surface area (Å²) >= 11 is 11.0. The molecule has 7 heteroatoms. The molecule has 0 aromatic heterocycles. The van der Waals surface area contributed by atoms with E-state index in [1.165, 1.54) is 0 Å². The van der Waals surface area contributed by atoms with Crippen molar-refractivity contribution in [3.8, 4) is 6.07 Å². The van der Waals surface area contributed by atoms with Crippen molar-refractivity contribution in [1.29, 1.82) is 5.26 Å². The summed E-state index contributed by atoms with van der Waals surface area (Å²) in [6.07, 6.45) is 0. The Balaban J connectivity index is 2.60. The lowest BCUT2D eigenvalue weighted by molar-refractivity contribution is -0.120. The van der Waals surface area contributed by atoms with E-state index in [1.807, 2.05) is 6.07 Å². The molecule has 0 aliphatic carbocycles. The molecule has 5 nitrogen and oxygen atoms in total. The number of halogens is 1. The molecule has 1 heterocycles. The van der Waals surface area contributed by atoms with Crippen molar-refractivity contribution in [3.05, 3.63) is 46.2 Å². The first-order chi connectivity index (χ1) is 9.45. The van der Waals surface area contributed by atoms with Crippen LogP contribution in [-0.2, 0) is 4.79 Å². The zero-order valence-corrected chi connectivity index (χ0v) is 11.8. The largest absolute Gasteiger partial charge is 0.384 e. The Labute approximate surface area is 126 Å². The monoisotopic (exact) mass is 306 g/mol. The number of amides is 1. The maximum atomic E-state index is 11.7. The standard InChI is InChI=1S/C13H11ClN4OS/c14-7-3-1-6(2-4-7)9-8(5-15)11(16)18-13(20)10(9)12(17)19/h1-4,9-10H,16H2,(H2,17,19)(H,18,20). The molecule has 1 amide bonds. The van der Waals surface area contributed by atoms with Gasteiger partial charge < -0.3 is 16.8 Å². The summed E-state index contributed by atoms with van der Waals surface area (Å²) in [5.74, 6) is -1.87. The van der Waals surface area contributed by atoms with E-state index in [0.29, 0.717) is 10.6 Å². The Bertz CT molecular complexity index is 647. The molecule has 2 rings (SSSR count). The van der Waals surface area contributed by atoms with Gasteiger partial charge in [-0.2, -0.15) is 5.26 Å². The summed E-state index contributed by atoms with van der Waals surface area (Å²) in [6.45, 7) is 0. The van der Waals surface area contributed by atoms with Crippen LogP contribution in [0, 0.1) is 17.2 Å². The molecule has 0 bridgehead atoms. The molecule has 2 atom stereocenters. The maximum absolute atomic E-state index is 11.7. The van der Waals surface area contributed by atoms with Crippen molar-refractivity contribution >= 4 is 34.7 Å². The number of carbonyl (C=O) groups excluding carboxylic acids is 1. The Hall–Kier alpha value is -2.10. The highest BCUT2D eigenvalue weighted by Crippen LogP contribution is 2.36. The molecule has 1 aliphatic rings. The number of nitrogens with zero attached hydrogens (tertiary/aromatic N) is 1. The molecule has 102 valence electrons. The summed E-state index contributed by atoms with van der Waals surface area (Å²) in [5, 5.41) is 12.5. The average Bonchev–Trinajstić information content (AvgIpc) is 2.38. The second-order valence-electron chi connectivity index (χ2n) is 4.34. The molecule has 0 saturated carbocycles. The third-order valence-corrected chi connectivity index (χ3v) is 3.74. The van der Waals surface area contributed by atoms with Crippen molar-refractivity contribution in [2.75, 3.05) is 0 Å². The molecule has 2 unspecified atom stereocenters. The fraction of sp³-hybridized carbons (Fsp3) is 0.154. The molecule has 1 aromatic rings. The van der Waals surface area contributed by atoms with E-state index in [1.54, 1.807) is 24.3 Å². The van der Waals surface area contributed by atoms with E-state index in [4.69, 9.17) is 35.3 Å². The lowest BCUT2D eigenvalue weighted by Gasteiger charge is -2.31. The molecule has 1 aliphatic heterocycles. The number of hydrogen-bond acceptors (Lipinski definition) is 4. The normalized spacial score (nSPS) is 22.1. The molecule has 0 radical (unpaired) electrons. The van der Waals surface area contributed by atoms with Crippen LogP contribution in [0.2, 0.25) is 5.02 Å². The van der Waals surface area contributed by atoms with E-state index in [-0.39, 0.29) is 16.4 Å². The minimum Gasteiger partial charge on any atom is -0.384 e. The minimum absolute atomic E-state index is 0.148. The first kappa shape index (κ1) is 14.3. The lowest BCUT2D eigenvalue weighted by Crippen LogP contribution is -2.47. The predicted molar refractivity (Wildman–Crippen MR) is 79.4 cm³/mol. The van der Waals surface area contributed by atoms with Gasteiger partial charge in [0.1, 0.15) is 11.7 Å². The highest BCUT2D eigenvalue weighted by atomic mass is 35.5. The van der Waals surface area contributed by atoms with Crippen LogP contribution in [0.4, 0.5) is 0 Å². The van der Waals surface area contributed by atoms with Gasteiger partial charge in [0.2, 0.25) is 5.91 Å². The smallest absolute Gasteiger partial charge is 0.228 e. The second-order valence-corrected chi connectivity index (χ2v) is 5.21. The van der Waals surface area contributed by atoms with E-state index in [2.05, 4.69) is 5.32 Å². The van der Waals surface area contributed by atoms with Crippen LogP contribution in [0.3, 0.4) is 0 Å². The van der Waals surface area contributed by atoms with Gasteiger partial charge in [-0.25, -0.2) is 0 Å². The van der Waals surface area contributed by atoms with Gasteiger partial charge >= 0.3 is 0 Å². The van der Waals surface area contributed by atoms with Crippen molar-refractivity contribution in [2.24, 2.45) is 17.4 Å². The van der Waals surface area contributed by atoms with Gasteiger partial charge in [-0.1, -0.05) is 36.0 Å². The topological polar surface area (TPSA) is 105 Å². The number of nitriles is 1. The highest BCUT2D eigenvalue weighted by molar-refractivity contribution is 7.80. The fourth-order valence-corrected chi connectivity index (χ4v) is 2.70. The van der Waals surface area contributed by atoms with Crippen molar-refractivity contribution < 1.29 is 4.79 Å². The predicted octanol–water partition coefficient (Wildman–Crippen LogP) is 1.15. The minimum atomic E-state index is -0.812. The molecule has 20 heavy (non-hydrogen) atoms. The van der Waals surface area contributed by atoms with Gasteiger partial charge in [-0.05, 0) is 17.7 Å². The molecule has 5 N–H and O–H groups in total. The van der Waals surface area contributed by atoms with Crippen LogP contribution >= 0.6 is 23.8 Å². The summed E-state index contributed by atoms with van der Waals surface area (Å²) in [4.78, 5) is 11.9. The van der Waals surface area contributed by atoms with E-state index < -0.39 is 17.7 Å². The number of nitrogens with one attached hydrogen (secondary N) is 1. The number of carbonyl (C=O) groups is 1. The molecule has 1 aromatic carbocycles. The first-order valence-corrected chi connectivity index (χ1v) is 6.49. The number of allylic oxidation sites excluding steroid dienone is 1. The van der Waals surface area contributed by atoms with Gasteiger partial charge in [-0.3, -0.25) is 4.79 Å². The van der Waals surface area contributed by atoms with Crippen LogP contribution in [0.25, 0.3) is 0 Å². The van der Waals surface area contributed by atoms with Crippen molar-refractivity contribution in [3.63, 3.8) is 0 Å². The van der Waals surface area contributed by atoms with Crippen LogP contribution < -0.4 is 16.8 Å². The van der Waals surface area contributed by atoms with E-state index in [0.717, 1.165) is 0 Å². The Morgan fingerprint density at radius 2 is 2.00 bits per heavy atom. The summed E-state index contributed by atoms with van der Waals surface area (Å²) < 4.78 is 0. The number of nitrogens with two attached hydrogens (primary N) is 2. The van der Waals surface area contributed by atoms with Gasteiger partial charge in [0.25, 0.3) is 0 Å². The summed E-state index contributed by atoms with van der Waals surface area (Å²) in [5.41, 5.74) is 12.1. The quantitative estimate of drug-likeness (QED) is 0.711. The van der Waals surface area contributed by atoms with Crippen molar-refractivity contribution in [1.82, 2.24) is 5.32 Å². The fourth-order valence-electron chi connectivity index (χ4n) is 2.22. The first-order valence-electron chi connectivity index (χ1n) is 5.71. The number of thiocarbonyl (C=S) groups is 1. The van der Waals surface area contributed by atoms with Crippen molar-refractivity contribution in [2.45, 2.75) is 5.92 Å². The number of benzene rings is 1. The zero-order valence-electron chi connectivity index (χ0n) is 10.3. The van der Waals surface area contributed by atoms with E-state index in [9.17, 15) is 10.1 Å². The SMILES string of the molecule is N#CC1=C(N)NC(=S)C(C(N)=O)C1c1ccc(Cl)cc1. The lowest BCUT2D eigenvalue weighted by atomic mass is 9.78.